The zero-order valence-electron chi connectivity index (χ0n) is 11.3. The van der Waals surface area contributed by atoms with Crippen LogP contribution in [-0.2, 0) is 0 Å². The van der Waals surface area contributed by atoms with Gasteiger partial charge in [0.1, 0.15) is 17.6 Å². The smallest absolute Gasteiger partial charge is 0.406 e. The van der Waals surface area contributed by atoms with Gasteiger partial charge < -0.3 is 9.30 Å². The number of benzene rings is 1. The van der Waals surface area contributed by atoms with E-state index in [1.807, 2.05) is 0 Å². The Balaban J connectivity index is 1.95. The minimum Gasteiger partial charge on any atom is -0.406 e. The van der Waals surface area contributed by atoms with Crippen molar-refractivity contribution < 1.29 is 22.8 Å². The average Bonchev–Trinajstić information content (AvgIpc) is 2.89. The predicted octanol–water partition coefficient (Wildman–Crippen LogP) is 3.83. The molecule has 23 heavy (non-hydrogen) atoms. The van der Waals surface area contributed by atoms with E-state index < -0.39 is 11.3 Å². The van der Waals surface area contributed by atoms with Crippen molar-refractivity contribution in [2.75, 3.05) is 0 Å². The number of nitro groups is 1. The fourth-order valence-electron chi connectivity index (χ4n) is 2.13. The van der Waals surface area contributed by atoms with Crippen LogP contribution in [0.1, 0.15) is 0 Å². The SMILES string of the molecule is O=[N+]([O-])c1cnc2c(ccn2-c2ccc(OC(F)(F)F)cc2)c1. The van der Waals surface area contributed by atoms with Gasteiger partial charge in [-0.15, -0.1) is 13.2 Å². The molecule has 0 bridgehead atoms. The molecular formula is C14H8F3N3O3. The lowest BCUT2D eigenvalue weighted by Crippen LogP contribution is -2.17. The summed E-state index contributed by atoms with van der Waals surface area (Å²) in [6.07, 6.45) is -2.00. The van der Waals surface area contributed by atoms with Crippen molar-refractivity contribution in [1.82, 2.24) is 9.55 Å². The molecule has 0 aliphatic heterocycles. The Labute approximate surface area is 126 Å². The Morgan fingerprint density at radius 3 is 2.48 bits per heavy atom. The van der Waals surface area contributed by atoms with Gasteiger partial charge in [-0.25, -0.2) is 4.98 Å². The fourth-order valence-corrected chi connectivity index (χ4v) is 2.13. The van der Waals surface area contributed by atoms with Gasteiger partial charge in [0.25, 0.3) is 5.69 Å². The maximum atomic E-state index is 12.1. The van der Waals surface area contributed by atoms with Crippen molar-refractivity contribution in [2.24, 2.45) is 0 Å². The number of aromatic nitrogens is 2. The third kappa shape index (κ3) is 3.07. The molecule has 0 N–H and O–H groups in total. The molecule has 0 aliphatic carbocycles. The highest BCUT2D eigenvalue weighted by atomic mass is 19.4. The zero-order valence-corrected chi connectivity index (χ0v) is 11.3. The predicted molar refractivity (Wildman–Crippen MR) is 74.4 cm³/mol. The van der Waals surface area contributed by atoms with E-state index in [4.69, 9.17) is 0 Å². The van der Waals surface area contributed by atoms with Crippen molar-refractivity contribution in [2.45, 2.75) is 6.36 Å². The zero-order chi connectivity index (χ0) is 16.6. The first-order valence-corrected chi connectivity index (χ1v) is 6.31. The van der Waals surface area contributed by atoms with Crippen LogP contribution in [0.3, 0.4) is 0 Å². The number of ether oxygens (including phenoxy) is 1. The van der Waals surface area contributed by atoms with Gasteiger partial charge in [0.05, 0.1) is 4.92 Å². The van der Waals surface area contributed by atoms with Crippen molar-refractivity contribution >= 4 is 16.7 Å². The van der Waals surface area contributed by atoms with Crippen molar-refractivity contribution in [1.29, 1.82) is 0 Å². The summed E-state index contributed by atoms with van der Waals surface area (Å²) in [5, 5.41) is 11.3. The average molecular weight is 323 g/mol. The normalized spacial score (nSPS) is 11.6. The Hall–Kier alpha value is -3.10. The minimum atomic E-state index is -4.75. The largest absolute Gasteiger partial charge is 0.573 e. The molecule has 118 valence electrons. The summed E-state index contributed by atoms with van der Waals surface area (Å²) in [6, 6.07) is 8.24. The molecule has 9 heteroatoms. The van der Waals surface area contributed by atoms with Gasteiger partial charge in [-0.1, -0.05) is 0 Å². The molecule has 0 fully saturated rings. The maximum absolute atomic E-state index is 12.1. The van der Waals surface area contributed by atoms with Gasteiger partial charge in [0.15, 0.2) is 0 Å². The Morgan fingerprint density at radius 1 is 1.17 bits per heavy atom. The van der Waals surface area contributed by atoms with Crippen LogP contribution in [0.2, 0.25) is 0 Å². The number of fused-ring (bicyclic) bond motifs is 1. The van der Waals surface area contributed by atoms with Gasteiger partial charge in [0, 0.05) is 23.3 Å². The number of hydrogen-bond acceptors (Lipinski definition) is 4. The third-order valence-electron chi connectivity index (χ3n) is 3.07. The van der Waals surface area contributed by atoms with Crippen LogP contribution in [0.25, 0.3) is 16.7 Å². The number of halogens is 3. The molecular weight excluding hydrogens is 315 g/mol. The quantitative estimate of drug-likeness (QED) is 0.542. The topological polar surface area (TPSA) is 70.2 Å². The molecule has 0 amide bonds. The molecule has 2 aromatic heterocycles. The maximum Gasteiger partial charge on any atom is 0.573 e. The third-order valence-corrected chi connectivity index (χ3v) is 3.07. The molecule has 0 aliphatic rings. The molecule has 2 heterocycles. The van der Waals surface area contributed by atoms with E-state index >= 15 is 0 Å². The summed E-state index contributed by atoms with van der Waals surface area (Å²) in [6.45, 7) is 0. The summed E-state index contributed by atoms with van der Waals surface area (Å²) >= 11 is 0. The monoisotopic (exact) mass is 323 g/mol. The van der Waals surface area contributed by atoms with Crippen molar-refractivity contribution in [3.05, 3.63) is 58.9 Å². The Kier molecular flexibility index (Phi) is 3.40. The van der Waals surface area contributed by atoms with Gasteiger partial charge in [-0.2, -0.15) is 0 Å². The first-order valence-electron chi connectivity index (χ1n) is 6.31. The number of rotatable bonds is 3. The number of pyridine rings is 1. The van der Waals surface area contributed by atoms with E-state index in [1.165, 1.54) is 30.3 Å². The molecule has 0 saturated heterocycles. The van der Waals surface area contributed by atoms with Crippen LogP contribution in [-0.4, -0.2) is 20.8 Å². The van der Waals surface area contributed by atoms with Crippen LogP contribution in [0.4, 0.5) is 18.9 Å². The van der Waals surface area contributed by atoms with Gasteiger partial charge in [-0.05, 0) is 30.3 Å². The first kappa shape index (κ1) is 14.8. The first-order chi connectivity index (χ1) is 10.8. The second-order valence-corrected chi connectivity index (χ2v) is 4.59. The van der Waals surface area contributed by atoms with Gasteiger partial charge in [0.2, 0.25) is 0 Å². The van der Waals surface area contributed by atoms with E-state index in [9.17, 15) is 23.3 Å². The summed E-state index contributed by atoms with van der Waals surface area (Å²) in [7, 11) is 0. The molecule has 3 rings (SSSR count). The summed E-state index contributed by atoms with van der Waals surface area (Å²) < 4.78 is 41.8. The lowest BCUT2D eigenvalue weighted by atomic mass is 10.3. The Bertz CT molecular complexity index is 872. The molecule has 0 radical (unpaired) electrons. The highest BCUT2D eigenvalue weighted by Crippen LogP contribution is 2.26. The van der Waals surface area contributed by atoms with Gasteiger partial charge >= 0.3 is 6.36 Å². The lowest BCUT2D eigenvalue weighted by Gasteiger charge is -2.10. The summed E-state index contributed by atoms with van der Waals surface area (Å²) in [5.41, 5.74) is 0.875. The van der Waals surface area contributed by atoms with Crippen LogP contribution in [0.15, 0.2) is 48.8 Å². The molecule has 0 spiro atoms. The van der Waals surface area contributed by atoms with E-state index in [1.54, 1.807) is 16.8 Å². The lowest BCUT2D eigenvalue weighted by molar-refractivity contribution is -0.385. The Morgan fingerprint density at radius 2 is 1.87 bits per heavy atom. The van der Waals surface area contributed by atoms with Crippen LogP contribution in [0, 0.1) is 10.1 Å². The summed E-state index contributed by atoms with van der Waals surface area (Å²) in [4.78, 5) is 14.2. The van der Waals surface area contributed by atoms with E-state index in [0.717, 1.165) is 6.20 Å². The molecule has 6 nitrogen and oxygen atoms in total. The molecule has 1 aromatic carbocycles. The van der Waals surface area contributed by atoms with Crippen molar-refractivity contribution in [3.8, 4) is 11.4 Å². The molecule has 0 atom stereocenters. The summed E-state index contributed by atoms with van der Waals surface area (Å²) in [5.74, 6) is -0.332. The van der Waals surface area contributed by atoms with E-state index in [-0.39, 0.29) is 11.4 Å². The second-order valence-electron chi connectivity index (χ2n) is 4.59. The van der Waals surface area contributed by atoms with E-state index in [0.29, 0.717) is 16.7 Å². The fraction of sp³-hybridized carbons (Fsp3) is 0.0714. The molecule has 0 saturated carbocycles. The standard InChI is InChI=1S/C14H8F3N3O3/c15-14(16,17)23-12-3-1-10(2-4-12)19-6-5-9-7-11(20(21)22)8-18-13(9)19/h1-8H. The second kappa shape index (κ2) is 5.27. The van der Waals surface area contributed by atoms with Crippen LogP contribution in [0.5, 0.6) is 5.75 Å². The molecule has 0 unspecified atom stereocenters. The highest BCUT2D eigenvalue weighted by molar-refractivity contribution is 5.80. The van der Waals surface area contributed by atoms with Crippen LogP contribution >= 0.6 is 0 Å². The number of hydrogen-bond donors (Lipinski definition) is 0. The number of alkyl halides is 3. The van der Waals surface area contributed by atoms with E-state index in [2.05, 4.69) is 9.72 Å². The minimum absolute atomic E-state index is 0.135. The van der Waals surface area contributed by atoms with Crippen molar-refractivity contribution in [3.63, 3.8) is 0 Å². The van der Waals surface area contributed by atoms with Crippen LogP contribution < -0.4 is 4.74 Å². The van der Waals surface area contributed by atoms with Gasteiger partial charge in [-0.3, -0.25) is 10.1 Å². The molecule has 3 aromatic rings. The number of nitrogens with zero attached hydrogens (tertiary/aromatic N) is 3. The highest BCUT2D eigenvalue weighted by Gasteiger charge is 2.31.